The van der Waals surface area contributed by atoms with E-state index in [1.165, 1.54) is 0 Å². The Balaban J connectivity index is 2.78. The van der Waals surface area contributed by atoms with Crippen molar-refractivity contribution in [3.05, 3.63) is 0 Å². The van der Waals surface area contributed by atoms with Crippen LogP contribution in [0.5, 0.6) is 0 Å². The lowest BCUT2D eigenvalue weighted by molar-refractivity contribution is -0.236. The van der Waals surface area contributed by atoms with Crippen LogP contribution in [0.4, 0.5) is 8.78 Å². The molecular formula is C6H10F2O4. The van der Waals surface area contributed by atoms with Crippen LogP contribution in [0.3, 0.4) is 0 Å². The first-order chi connectivity index (χ1) is 5.36. The smallest absolute Gasteiger partial charge is 0.278 e. The predicted octanol–water partition coefficient (Wildman–Crippen LogP) is -1.53. The van der Waals surface area contributed by atoms with E-state index >= 15 is 0 Å². The second-order valence-corrected chi connectivity index (χ2v) is 2.96. The molecule has 0 amide bonds. The van der Waals surface area contributed by atoms with E-state index < -0.39 is 36.8 Å². The van der Waals surface area contributed by atoms with Crippen LogP contribution in [0.15, 0.2) is 0 Å². The zero-order chi connectivity index (χ0) is 9.52. The maximum Gasteiger partial charge on any atom is 0.278 e. The number of aliphatic hydroxyl groups excluding tert-OH is 4. The number of hydrogen-bond acceptors (Lipinski definition) is 4. The lowest BCUT2D eigenvalue weighted by atomic mass is 9.87. The van der Waals surface area contributed by atoms with Crippen molar-refractivity contribution < 1.29 is 29.2 Å². The lowest BCUT2D eigenvalue weighted by Gasteiger charge is -2.37. The summed E-state index contributed by atoms with van der Waals surface area (Å²) in [5, 5.41) is 35.2. The van der Waals surface area contributed by atoms with Crippen LogP contribution in [0.1, 0.15) is 6.42 Å². The average molecular weight is 184 g/mol. The van der Waals surface area contributed by atoms with Gasteiger partial charge in [0.15, 0.2) is 0 Å². The van der Waals surface area contributed by atoms with Crippen LogP contribution in [0, 0.1) is 0 Å². The highest BCUT2D eigenvalue weighted by atomic mass is 19.3. The molecule has 0 spiro atoms. The third kappa shape index (κ3) is 1.42. The van der Waals surface area contributed by atoms with Crippen molar-refractivity contribution >= 4 is 0 Å². The standard InChI is InChI=1S/C6H10F2O4/c7-6(8)1-2(9)3(10)4(11)5(6)12/h2-5,9-12H,1H2/t2-,3-,4+,5+/m1/s1. The van der Waals surface area contributed by atoms with Gasteiger partial charge in [-0.1, -0.05) is 0 Å². The minimum Gasteiger partial charge on any atom is -0.390 e. The van der Waals surface area contributed by atoms with Crippen molar-refractivity contribution in [1.82, 2.24) is 0 Å². The summed E-state index contributed by atoms with van der Waals surface area (Å²) in [6.07, 6.45) is -8.75. The maximum absolute atomic E-state index is 12.6. The van der Waals surface area contributed by atoms with Crippen LogP contribution < -0.4 is 0 Å². The molecule has 0 aromatic rings. The molecule has 0 aromatic carbocycles. The number of halogens is 2. The highest BCUT2D eigenvalue weighted by Crippen LogP contribution is 2.33. The van der Waals surface area contributed by atoms with Crippen molar-refractivity contribution in [2.75, 3.05) is 0 Å². The maximum atomic E-state index is 12.6. The van der Waals surface area contributed by atoms with Gasteiger partial charge < -0.3 is 20.4 Å². The van der Waals surface area contributed by atoms with Gasteiger partial charge in [-0.3, -0.25) is 0 Å². The Morgan fingerprint density at radius 1 is 1.00 bits per heavy atom. The molecule has 1 fully saturated rings. The van der Waals surface area contributed by atoms with Crippen LogP contribution >= 0.6 is 0 Å². The summed E-state index contributed by atoms with van der Waals surface area (Å²) in [7, 11) is 0. The van der Waals surface area contributed by atoms with Crippen LogP contribution in [0.25, 0.3) is 0 Å². The summed E-state index contributed by atoms with van der Waals surface area (Å²) in [6.45, 7) is 0. The fourth-order valence-electron chi connectivity index (χ4n) is 1.18. The Hall–Kier alpha value is -0.300. The Bertz CT molecular complexity index is 175. The van der Waals surface area contributed by atoms with Gasteiger partial charge in [0.25, 0.3) is 5.92 Å². The molecule has 1 rings (SSSR count). The lowest BCUT2D eigenvalue weighted by Crippen LogP contribution is -2.59. The molecule has 4 atom stereocenters. The zero-order valence-corrected chi connectivity index (χ0v) is 6.06. The molecule has 0 unspecified atom stereocenters. The van der Waals surface area contributed by atoms with E-state index in [1.807, 2.05) is 0 Å². The number of aliphatic hydroxyl groups is 4. The van der Waals surface area contributed by atoms with E-state index in [0.29, 0.717) is 0 Å². The quantitative estimate of drug-likeness (QED) is 0.368. The van der Waals surface area contributed by atoms with Crippen molar-refractivity contribution in [3.63, 3.8) is 0 Å². The minimum absolute atomic E-state index is 1.04. The molecular weight excluding hydrogens is 174 g/mol. The first-order valence-corrected chi connectivity index (χ1v) is 3.46. The predicted molar refractivity (Wildman–Crippen MR) is 33.6 cm³/mol. The third-order valence-electron chi connectivity index (χ3n) is 1.98. The van der Waals surface area contributed by atoms with Gasteiger partial charge in [0, 0.05) is 6.42 Å². The molecule has 0 bridgehead atoms. The molecule has 1 aliphatic carbocycles. The van der Waals surface area contributed by atoms with Gasteiger partial charge in [-0.2, -0.15) is 0 Å². The molecule has 0 saturated heterocycles. The molecule has 0 heterocycles. The van der Waals surface area contributed by atoms with Crippen LogP contribution in [0.2, 0.25) is 0 Å². The SMILES string of the molecule is O[C@H]1[C@H](O)[C@H](O)C(F)(F)C[C@H]1O. The van der Waals surface area contributed by atoms with Gasteiger partial charge in [0.05, 0.1) is 6.10 Å². The van der Waals surface area contributed by atoms with Gasteiger partial charge in [0.2, 0.25) is 0 Å². The Morgan fingerprint density at radius 2 is 1.50 bits per heavy atom. The first-order valence-electron chi connectivity index (χ1n) is 3.46. The van der Waals surface area contributed by atoms with Crippen molar-refractivity contribution in [1.29, 1.82) is 0 Å². The normalized spacial score (nSPS) is 47.5. The summed E-state index contributed by atoms with van der Waals surface area (Å²) in [5.41, 5.74) is 0. The molecule has 4 N–H and O–H groups in total. The molecule has 12 heavy (non-hydrogen) atoms. The van der Waals surface area contributed by atoms with E-state index in [-0.39, 0.29) is 0 Å². The first kappa shape index (κ1) is 9.79. The van der Waals surface area contributed by atoms with Gasteiger partial charge in [0.1, 0.15) is 18.3 Å². The van der Waals surface area contributed by atoms with Gasteiger partial charge >= 0.3 is 0 Å². The Labute approximate surface area is 67.1 Å². The van der Waals surface area contributed by atoms with E-state index in [2.05, 4.69) is 0 Å². The van der Waals surface area contributed by atoms with E-state index in [1.54, 1.807) is 0 Å². The topological polar surface area (TPSA) is 80.9 Å². The number of rotatable bonds is 0. The van der Waals surface area contributed by atoms with E-state index in [9.17, 15) is 8.78 Å². The second-order valence-electron chi connectivity index (χ2n) is 2.96. The molecule has 0 aromatic heterocycles. The monoisotopic (exact) mass is 184 g/mol. The Kier molecular flexibility index (Phi) is 2.35. The molecule has 0 aliphatic heterocycles. The summed E-state index contributed by atoms with van der Waals surface area (Å²) in [6, 6.07) is 0. The third-order valence-corrected chi connectivity index (χ3v) is 1.98. The van der Waals surface area contributed by atoms with Crippen LogP contribution in [-0.4, -0.2) is 50.8 Å². The van der Waals surface area contributed by atoms with Gasteiger partial charge in [-0.25, -0.2) is 8.78 Å². The second kappa shape index (κ2) is 2.88. The van der Waals surface area contributed by atoms with Crippen molar-refractivity contribution in [2.24, 2.45) is 0 Å². The highest BCUT2D eigenvalue weighted by Gasteiger charge is 2.53. The largest absolute Gasteiger partial charge is 0.390 e. The highest BCUT2D eigenvalue weighted by molar-refractivity contribution is 4.97. The van der Waals surface area contributed by atoms with E-state index in [4.69, 9.17) is 20.4 Å². The van der Waals surface area contributed by atoms with Gasteiger partial charge in [-0.05, 0) is 0 Å². The van der Waals surface area contributed by atoms with Crippen molar-refractivity contribution in [3.8, 4) is 0 Å². The summed E-state index contributed by atoms with van der Waals surface area (Å²) in [4.78, 5) is 0. The molecule has 1 aliphatic rings. The van der Waals surface area contributed by atoms with Gasteiger partial charge in [-0.15, -0.1) is 0 Å². The van der Waals surface area contributed by atoms with Crippen molar-refractivity contribution in [2.45, 2.75) is 36.8 Å². The molecule has 1 saturated carbocycles. The minimum atomic E-state index is -3.54. The Morgan fingerprint density at radius 3 is 2.00 bits per heavy atom. The zero-order valence-electron chi connectivity index (χ0n) is 6.06. The summed E-state index contributed by atoms with van der Waals surface area (Å²) in [5.74, 6) is -3.54. The molecule has 6 heteroatoms. The average Bonchev–Trinajstić information content (AvgIpc) is 1.97. The summed E-state index contributed by atoms with van der Waals surface area (Å²) >= 11 is 0. The number of alkyl halides is 2. The molecule has 0 radical (unpaired) electrons. The van der Waals surface area contributed by atoms with Crippen LogP contribution in [-0.2, 0) is 0 Å². The van der Waals surface area contributed by atoms with E-state index in [0.717, 1.165) is 0 Å². The number of hydrogen-bond donors (Lipinski definition) is 4. The molecule has 4 nitrogen and oxygen atoms in total. The fourth-order valence-corrected chi connectivity index (χ4v) is 1.18. The fraction of sp³-hybridized carbons (Fsp3) is 1.00. The summed E-state index contributed by atoms with van der Waals surface area (Å²) < 4.78 is 25.2. The molecule has 72 valence electrons.